The third-order valence-electron chi connectivity index (χ3n) is 3.39. The van der Waals surface area contributed by atoms with Crippen LogP contribution in [-0.4, -0.2) is 19.6 Å². The van der Waals surface area contributed by atoms with Crippen LogP contribution in [0.3, 0.4) is 0 Å². The fourth-order valence-electron chi connectivity index (χ4n) is 1.97. The molecule has 0 bridgehead atoms. The molecule has 1 aromatic rings. The Morgan fingerprint density at radius 1 is 1.35 bits per heavy atom. The van der Waals surface area contributed by atoms with Gasteiger partial charge in [-0.3, -0.25) is 4.79 Å². The van der Waals surface area contributed by atoms with Crippen molar-refractivity contribution in [3.8, 4) is 0 Å². The molecule has 17 heavy (non-hydrogen) atoms. The Kier molecular flexibility index (Phi) is 3.48. The number of benzene rings is 1. The smallest absolute Gasteiger partial charge is 0.313 e. The Labute approximate surface area is 102 Å². The number of esters is 1. The number of carbonyl (C=O) groups is 1. The molecule has 0 unspecified atom stereocenters. The second-order valence-corrected chi connectivity index (χ2v) is 4.86. The van der Waals surface area contributed by atoms with Gasteiger partial charge >= 0.3 is 5.97 Å². The predicted octanol–water partition coefficient (Wildman–Crippen LogP) is 2.04. The normalized spacial score (nSPS) is 16.6. The molecule has 1 N–H and O–H groups in total. The third-order valence-corrected chi connectivity index (χ3v) is 3.39. The number of ether oxygens (including phenoxy) is 1. The zero-order valence-corrected chi connectivity index (χ0v) is 10.5. The Bertz CT molecular complexity index is 393. The van der Waals surface area contributed by atoms with Crippen molar-refractivity contribution in [3.63, 3.8) is 0 Å². The quantitative estimate of drug-likeness (QED) is 0.791. The number of nitrogens with one attached hydrogen (secondary N) is 1. The van der Waals surface area contributed by atoms with Gasteiger partial charge in [0.2, 0.25) is 0 Å². The van der Waals surface area contributed by atoms with Crippen LogP contribution >= 0.6 is 0 Å². The van der Waals surface area contributed by atoms with Crippen molar-refractivity contribution in [1.29, 1.82) is 0 Å². The average Bonchev–Trinajstić information content (AvgIpc) is 3.12. The molecule has 2 rings (SSSR count). The highest BCUT2D eigenvalue weighted by atomic mass is 16.5. The van der Waals surface area contributed by atoms with Gasteiger partial charge in [-0.25, -0.2) is 0 Å². The number of hydrogen-bond donors (Lipinski definition) is 1. The van der Waals surface area contributed by atoms with E-state index in [1.54, 1.807) is 0 Å². The van der Waals surface area contributed by atoms with Crippen molar-refractivity contribution in [2.45, 2.75) is 26.3 Å². The second-order valence-electron chi connectivity index (χ2n) is 4.86. The standard InChI is InChI=1S/C14H19NO2/c1-11-3-5-12(6-4-11)9-15-10-14(7-8-14)13(16)17-2/h3-6,15H,7-10H2,1-2H3. The van der Waals surface area contributed by atoms with E-state index >= 15 is 0 Å². The summed E-state index contributed by atoms with van der Waals surface area (Å²) in [6, 6.07) is 8.43. The average molecular weight is 233 g/mol. The number of hydrogen-bond acceptors (Lipinski definition) is 3. The highest BCUT2D eigenvalue weighted by Crippen LogP contribution is 2.46. The minimum Gasteiger partial charge on any atom is -0.469 e. The minimum atomic E-state index is -0.237. The first kappa shape index (κ1) is 12.1. The van der Waals surface area contributed by atoms with Gasteiger partial charge in [-0.05, 0) is 25.3 Å². The lowest BCUT2D eigenvalue weighted by Gasteiger charge is -2.13. The molecule has 0 amide bonds. The summed E-state index contributed by atoms with van der Waals surface area (Å²) < 4.78 is 4.82. The van der Waals surface area contributed by atoms with Crippen LogP contribution in [-0.2, 0) is 16.1 Å². The molecule has 1 aliphatic carbocycles. The van der Waals surface area contributed by atoms with Crippen molar-refractivity contribution in [2.24, 2.45) is 5.41 Å². The van der Waals surface area contributed by atoms with Gasteiger partial charge in [-0.2, -0.15) is 0 Å². The molecule has 0 aromatic heterocycles. The fourth-order valence-corrected chi connectivity index (χ4v) is 1.97. The van der Waals surface area contributed by atoms with Crippen molar-refractivity contribution in [3.05, 3.63) is 35.4 Å². The summed E-state index contributed by atoms with van der Waals surface area (Å²) >= 11 is 0. The molecule has 1 fully saturated rings. The summed E-state index contributed by atoms with van der Waals surface area (Å²) in [5, 5.41) is 3.34. The zero-order valence-electron chi connectivity index (χ0n) is 10.5. The maximum Gasteiger partial charge on any atom is 0.313 e. The van der Waals surface area contributed by atoms with Crippen LogP contribution in [0.2, 0.25) is 0 Å². The van der Waals surface area contributed by atoms with E-state index < -0.39 is 0 Å². The highest BCUT2D eigenvalue weighted by Gasteiger charge is 2.50. The maximum atomic E-state index is 11.5. The predicted molar refractivity (Wildman–Crippen MR) is 66.6 cm³/mol. The summed E-state index contributed by atoms with van der Waals surface area (Å²) in [7, 11) is 1.46. The molecule has 92 valence electrons. The van der Waals surface area contributed by atoms with E-state index in [0.717, 1.165) is 19.4 Å². The van der Waals surface area contributed by atoms with Gasteiger partial charge in [0.05, 0.1) is 12.5 Å². The third kappa shape index (κ3) is 2.86. The second kappa shape index (κ2) is 4.88. The topological polar surface area (TPSA) is 38.3 Å². The Balaban J connectivity index is 1.80. The van der Waals surface area contributed by atoms with Crippen LogP contribution in [0.25, 0.3) is 0 Å². The Morgan fingerprint density at radius 2 is 2.00 bits per heavy atom. The first-order valence-electron chi connectivity index (χ1n) is 6.01. The van der Waals surface area contributed by atoms with E-state index in [1.165, 1.54) is 18.2 Å². The zero-order chi connectivity index (χ0) is 12.3. The van der Waals surface area contributed by atoms with Crippen molar-refractivity contribution in [1.82, 2.24) is 5.32 Å². The van der Waals surface area contributed by atoms with E-state index in [9.17, 15) is 4.79 Å². The van der Waals surface area contributed by atoms with Gasteiger partial charge in [0.1, 0.15) is 0 Å². The summed E-state index contributed by atoms with van der Waals surface area (Å²) in [6.07, 6.45) is 1.89. The Hall–Kier alpha value is -1.35. The largest absolute Gasteiger partial charge is 0.469 e. The van der Waals surface area contributed by atoms with Crippen molar-refractivity contribution in [2.75, 3.05) is 13.7 Å². The molecule has 0 saturated heterocycles. The maximum absolute atomic E-state index is 11.5. The number of aryl methyl sites for hydroxylation is 1. The van der Waals surface area contributed by atoms with Crippen LogP contribution in [0, 0.1) is 12.3 Å². The molecule has 1 saturated carbocycles. The molecule has 0 radical (unpaired) electrons. The first-order chi connectivity index (χ1) is 8.16. The van der Waals surface area contributed by atoms with Crippen LogP contribution in [0.15, 0.2) is 24.3 Å². The fraction of sp³-hybridized carbons (Fsp3) is 0.500. The van der Waals surface area contributed by atoms with E-state index in [0.29, 0.717) is 6.54 Å². The molecule has 0 spiro atoms. The molecule has 3 nitrogen and oxygen atoms in total. The molecule has 0 aliphatic heterocycles. The van der Waals surface area contributed by atoms with Gasteiger partial charge in [0.25, 0.3) is 0 Å². The van der Waals surface area contributed by atoms with Gasteiger partial charge in [-0.1, -0.05) is 29.8 Å². The number of carbonyl (C=O) groups excluding carboxylic acids is 1. The highest BCUT2D eigenvalue weighted by molar-refractivity contribution is 5.80. The summed E-state index contributed by atoms with van der Waals surface area (Å²) in [6.45, 7) is 3.60. The van der Waals surface area contributed by atoms with Crippen molar-refractivity contribution >= 4 is 5.97 Å². The lowest BCUT2D eigenvalue weighted by atomic mass is 10.1. The first-order valence-corrected chi connectivity index (χ1v) is 6.01. The molecule has 3 heteroatoms. The summed E-state index contributed by atoms with van der Waals surface area (Å²) in [5.41, 5.74) is 2.28. The van der Waals surface area contributed by atoms with E-state index in [1.807, 2.05) is 0 Å². The van der Waals surface area contributed by atoms with Crippen LogP contribution < -0.4 is 5.32 Å². The van der Waals surface area contributed by atoms with Gasteiger partial charge < -0.3 is 10.1 Å². The molecule has 0 atom stereocenters. The Morgan fingerprint density at radius 3 is 2.53 bits per heavy atom. The molecule has 1 aromatic carbocycles. The van der Waals surface area contributed by atoms with Gasteiger partial charge in [0, 0.05) is 13.1 Å². The van der Waals surface area contributed by atoms with E-state index in [4.69, 9.17) is 4.74 Å². The van der Waals surface area contributed by atoms with Gasteiger partial charge in [0.15, 0.2) is 0 Å². The molecule has 1 aliphatic rings. The van der Waals surface area contributed by atoms with E-state index in [2.05, 4.69) is 36.5 Å². The van der Waals surface area contributed by atoms with Crippen LogP contribution in [0.1, 0.15) is 24.0 Å². The van der Waals surface area contributed by atoms with E-state index in [-0.39, 0.29) is 11.4 Å². The lowest BCUT2D eigenvalue weighted by molar-refractivity contribution is -0.146. The number of methoxy groups -OCH3 is 1. The van der Waals surface area contributed by atoms with Crippen molar-refractivity contribution < 1.29 is 9.53 Å². The monoisotopic (exact) mass is 233 g/mol. The summed E-state index contributed by atoms with van der Waals surface area (Å²) in [5.74, 6) is -0.0751. The molecule has 0 heterocycles. The van der Waals surface area contributed by atoms with Crippen LogP contribution in [0.4, 0.5) is 0 Å². The van der Waals surface area contributed by atoms with Crippen LogP contribution in [0.5, 0.6) is 0 Å². The number of rotatable bonds is 5. The minimum absolute atomic E-state index is 0.0751. The molecular formula is C14H19NO2. The molecular weight excluding hydrogens is 214 g/mol. The lowest BCUT2D eigenvalue weighted by Crippen LogP contribution is -2.30. The summed E-state index contributed by atoms with van der Waals surface area (Å²) in [4.78, 5) is 11.5. The SMILES string of the molecule is COC(=O)C1(CNCc2ccc(C)cc2)CC1. The van der Waals surface area contributed by atoms with Gasteiger partial charge in [-0.15, -0.1) is 0 Å².